The molecule has 4 unspecified atom stereocenters. The van der Waals surface area contributed by atoms with Crippen molar-refractivity contribution in [3.63, 3.8) is 0 Å². The fourth-order valence-corrected chi connectivity index (χ4v) is 9.98. The topological polar surface area (TPSA) is 3.24 Å². The van der Waals surface area contributed by atoms with Gasteiger partial charge in [-0.3, -0.25) is 0 Å². The molecule has 0 heterocycles. The standard InChI is InChI=1S/C44H37N/c1-2-7-17-31(16-6-1)45(32-18-10-15-30(27-32)29-13-4-3-5-14-29)33-25-26-35-37-21-12-23-39-38-22-11-20-36-34-19-8-9-24-40(34)44(42(36)38,43(37)39)41(35)28-33/h1,3-6,8-9,11-15,19-28,31,36,42H,2,7,10,16-18H2. The van der Waals surface area contributed by atoms with Crippen molar-refractivity contribution >= 4 is 16.8 Å². The molecule has 4 aromatic carbocycles. The Hall–Kier alpha value is -4.62. The van der Waals surface area contributed by atoms with Crippen molar-refractivity contribution in [2.75, 3.05) is 4.90 Å². The van der Waals surface area contributed by atoms with Crippen LogP contribution in [0, 0.1) is 5.92 Å². The highest BCUT2D eigenvalue weighted by Crippen LogP contribution is 2.73. The number of hydrogen-bond acceptors (Lipinski definition) is 1. The van der Waals surface area contributed by atoms with Crippen LogP contribution in [0.4, 0.5) is 5.69 Å². The molecule has 0 amide bonds. The van der Waals surface area contributed by atoms with Crippen molar-refractivity contribution in [1.29, 1.82) is 0 Å². The Morgan fingerprint density at radius 2 is 1.64 bits per heavy atom. The predicted octanol–water partition coefficient (Wildman–Crippen LogP) is 10.7. The van der Waals surface area contributed by atoms with Crippen LogP contribution in [0.3, 0.4) is 0 Å². The molecule has 6 aliphatic carbocycles. The van der Waals surface area contributed by atoms with Crippen LogP contribution in [0.15, 0.2) is 139 Å². The largest absolute Gasteiger partial charge is 0.342 e. The molecule has 6 aliphatic rings. The summed E-state index contributed by atoms with van der Waals surface area (Å²) in [5, 5.41) is 0. The second-order valence-corrected chi connectivity index (χ2v) is 13.7. The number of anilines is 1. The Bertz CT molecular complexity index is 2030. The maximum Gasteiger partial charge on any atom is 0.0550 e. The van der Waals surface area contributed by atoms with Gasteiger partial charge in [-0.15, -0.1) is 0 Å². The molecule has 0 radical (unpaired) electrons. The van der Waals surface area contributed by atoms with Gasteiger partial charge in [0.1, 0.15) is 0 Å². The monoisotopic (exact) mass is 579 g/mol. The lowest BCUT2D eigenvalue weighted by Gasteiger charge is -2.38. The summed E-state index contributed by atoms with van der Waals surface area (Å²) in [7, 11) is 0. The van der Waals surface area contributed by atoms with Crippen LogP contribution in [-0.4, -0.2) is 6.04 Å². The van der Waals surface area contributed by atoms with Crippen molar-refractivity contribution in [2.45, 2.75) is 55.9 Å². The second-order valence-electron chi connectivity index (χ2n) is 13.7. The molecule has 0 N–H and O–H groups in total. The fourth-order valence-electron chi connectivity index (χ4n) is 9.98. The van der Waals surface area contributed by atoms with E-state index in [1.54, 1.807) is 5.56 Å². The van der Waals surface area contributed by atoms with Crippen molar-refractivity contribution in [1.82, 2.24) is 0 Å². The van der Waals surface area contributed by atoms with Gasteiger partial charge < -0.3 is 4.90 Å². The lowest BCUT2D eigenvalue weighted by Crippen LogP contribution is -2.35. The Kier molecular flexibility index (Phi) is 5.53. The van der Waals surface area contributed by atoms with E-state index in [0.717, 1.165) is 19.3 Å². The summed E-state index contributed by atoms with van der Waals surface area (Å²) in [6.07, 6.45) is 23.9. The summed E-state index contributed by atoms with van der Waals surface area (Å²) < 4.78 is 0. The van der Waals surface area contributed by atoms with Gasteiger partial charge in [0.2, 0.25) is 0 Å². The summed E-state index contributed by atoms with van der Waals surface area (Å²) in [5.41, 5.74) is 17.4. The lowest BCUT2D eigenvalue weighted by atomic mass is 9.68. The molecule has 45 heavy (non-hydrogen) atoms. The second kappa shape index (κ2) is 9.69. The maximum absolute atomic E-state index is 2.76. The van der Waals surface area contributed by atoms with E-state index < -0.39 is 0 Å². The SMILES string of the molecule is C1=CC2c3ccccc3C34c5cc(N(C6=CC(c7ccccc7)=CCC6)C6CC=CCCC6)ccc5-c5cccc(c53)C(=C1)C24. The molecule has 0 fully saturated rings. The first-order valence-corrected chi connectivity index (χ1v) is 17.0. The highest BCUT2D eigenvalue weighted by Gasteiger charge is 2.63. The Balaban J connectivity index is 1.19. The normalized spacial score (nSPS) is 26.2. The molecule has 4 aromatic rings. The Labute approximate surface area is 266 Å². The van der Waals surface area contributed by atoms with Crippen LogP contribution in [0.2, 0.25) is 0 Å². The van der Waals surface area contributed by atoms with Gasteiger partial charge in [0.05, 0.1) is 5.41 Å². The van der Waals surface area contributed by atoms with Gasteiger partial charge in [-0.2, -0.15) is 0 Å². The van der Waals surface area contributed by atoms with Crippen LogP contribution in [0.25, 0.3) is 22.3 Å². The summed E-state index contributed by atoms with van der Waals surface area (Å²) >= 11 is 0. The van der Waals surface area contributed by atoms with Crippen LogP contribution >= 0.6 is 0 Å². The molecular weight excluding hydrogens is 542 g/mol. The Morgan fingerprint density at radius 3 is 2.60 bits per heavy atom. The third-order valence-electron chi connectivity index (χ3n) is 11.6. The predicted molar refractivity (Wildman–Crippen MR) is 187 cm³/mol. The van der Waals surface area contributed by atoms with E-state index in [2.05, 4.69) is 138 Å². The first-order chi connectivity index (χ1) is 22.3. The molecule has 4 atom stereocenters. The molecule has 0 saturated carbocycles. The van der Waals surface area contributed by atoms with Crippen molar-refractivity contribution in [3.8, 4) is 11.1 Å². The third kappa shape index (κ3) is 3.45. The molecule has 10 rings (SSSR count). The van der Waals surface area contributed by atoms with Gasteiger partial charge in [-0.05, 0) is 112 Å². The van der Waals surface area contributed by atoms with Gasteiger partial charge >= 0.3 is 0 Å². The first-order valence-electron chi connectivity index (χ1n) is 17.0. The zero-order valence-corrected chi connectivity index (χ0v) is 25.6. The zero-order valence-electron chi connectivity index (χ0n) is 25.6. The fraction of sp³-hybridized carbons (Fsp3) is 0.227. The highest BCUT2D eigenvalue weighted by molar-refractivity contribution is 5.99. The highest BCUT2D eigenvalue weighted by atomic mass is 15.2. The number of nitrogens with zero attached hydrogens (tertiary/aromatic N) is 1. The molecule has 1 spiro atoms. The van der Waals surface area contributed by atoms with Crippen LogP contribution < -0.4 is 4.90 Å². The van der Waals surface area contributed by atoms with E-state index in [1.165, 1.54) is 80.7 Å². The van der Waals surface area contributed by atoms with E-state index >= 15 is 0 Å². The number of fused-ring (bicyclic) bond motifs is 5. The van der Waals surface area contributed by atoms with Gasteiger partial charge in [-0.1, -0.05) is 115 Å². The van der Waals surface area contributed by atoms with Gasteiger partial charge in [0, 0.05) is 29.3 Å². The minimum atomic E-state index is -0.125. The van der Waals surface area contributed by atoms with E-state index in [-0.39, 0.29) is 5.41 Å². The van der Waals surface area contributed by atoms with Crippen molar-refractivity contribution in [3.05, 3.63) is 173 Å². The van der Waals surface area contributed by atoms with Crippen LogP contribution in [-0.2, 0) is 5.41 Å². The molecular formula is C44H37N. The molecule has 0 aliphatic heterocycles. The number of benzene rings is 4. The summed E-state index contributed by atoms with van der Waals surface area (Å²) in [4.78, 5) is 2.76. The quantitative estimate of drug-likeness (QED) is 0.217. The van der Waals surface area contributed by atoms with Gasteiger partial charge in [-0.25, -0.2) is 0 Å². The minimum Gasteiger partial charge on any atom is -0.342 e. The lowest BCUT2D eigenvalue weighted by molar-refractivity contribution is 0.502. The molecule has 0 aromatic heterocycles. The summed E-state index contributed by atoms with van der Waals surface area (Å²) in [6.45, 7) is 0. The summed E-state index contributed by atoms with van der Waals surface area (Å²) in [5.74, 6) is 0.835. The molecule has 218 valence electrons. The van der Waals surface area contributed by atoms with E-state index in [9.17, 15) is 0 Å². The van der Waals surface area contributed by atoms with Crippen molar-refractivity contribution in [2.24, 2.45) is 5.92 Å². The number of allylic oxidation sites excluding steroid dienone is 9. The molecule has 0 bridgehead atoms. The van der Waals surface area contributed by atoms with Gasteiger partial charge in [0.15, 0.2) is 0 Å². The smallest absolute Gasteiger partial charge is 0.0550 e. The molecule has 1 nitrogen and oxygen atoms in total. The third-order valence-corrected chi connectivity index (χ3v) is 11.6. The average Bonchev–Trinajstić information content (AvgIpc) is 3.58. The summed E-state index contributed by atoms with van der Waals surface area (Å²) in [6, 6.07) is 35.4. The van der Waals surface area contributed by atoms with E-state index in [4.69, 9.17) is 0 Å². The van der Waals surface area contributed by atoms with E-state index in [0.29, 0.717) is 17.9 Å². The Morgan fingerprint density at radius 1 is 0.756 bits per heavy atom. The molecule has 1 heteroatoms. The van der Waals surface area contributed by atoms with E-state index in [1.807, 2.05) is 0 Å². The van der Waals surface area contributed by atoms with Crippen molar-refractivity contribution < 1.29 is 0 Å². The maximum atomic E-state index is 2.76. The number of rotatable bonds is 4. The molecule has 0 saturated heterocycles. The van der Waals surface area contributed by atoms with Crippen LogP contribution in [0.1, 0.15) is 77.8 Å². The van der Waals surface area contributed by atoms with Crippen LogP contribution in [0.5, 0.6) is 0 Å². The number of hydrogen-bond donors (Lipinski definition) is 0. The van der Waals surface area contributed by atoms with Gasteiger partial charge in [0.25, 0.3) is 0 Å². The average molecular weight is 580 g/mol. The zero-order chi connectivity index (χ0) is 29.5. The first kappa shape index (κ1) is 25.7. The minimum absolute atomic E-state index is 0.125.